The van der Waals surface area contributed by atoms with Gasteiger partial charge in [0, 0.05) is 24.6 Å². The van der Waals surface area contributed by atoms with Gasteiger partial charge >= 0.3 is 6.03 Å². The highest BCUT2D eigenvalue weighted by Crippen LogP contribution is 2.41. The summed E-state index contributed by atoms with van der Waals surface area (Å²) in [6, 6.07) is 5.95. The molecule has 0 saturated heterocycles. The fourth-order valence-corrected chi connectivity index (χ4v) is 5.88. The lowest BCUT2D eigenvalue weighted by atomic mass is 9.93. The van der Waals surface area contributed by atoms with E-state index in [9.17, 15) is 9.90 Å². The Balaban J connectivity index is 1.29. The minimum absolute atomic E-state index is 0.0190. The number of urea groups is 1. The van der Waals surface area contributed by atoms with Gasteiger partial charge in [-0.2, -0.15) is 0 Å². The van der Waals surface area contributed by atoms with Gasteiger partial charge in [0.25, 0.3) is 6.01 Å². The van der Waals surface area contributed by atoms with Gasteiger partial charge in [0.2, 0.25) is 5.88 Å². The third kappa shape index (κ3) is 4.96. The fraction of sp³-hybridized carbons (Fsp3) is 0.500. The maximum absolute atomic E-state index is 12.5. The molecule has 1 saturated carbocycles. The zero-order chi connectivity index (χ0) is 24.5. The Morgan fingerprint density at radius 2 is 2.03 bits per heavy atom. The van der Waals surface area contributed by atoms with E-state index in [-0.39, 0.29) is 30.3 Å². The summed E-state index contributed by atoms with van der Waals surface area (Å²) in [4.78, 5) is 29.4. The molecule has 10 nitrogen and oxygen atoms in total. The van der Waals surface area contributed by atoms with Gasteiger partial charge in [-0.1, -0.05) is 17.4 Å². The molecule has 0 aromatic carbocycles. The number of ether oxygens (including phenoxy) is 1. The number of rotatable bonds is 5. The number of hydrogen-bond donors (Lipinski definition) is 3. The van der Waals surface area contributed by atoms with Gasteiger partial charge < -0.3 is 24.5 Å². The first-order valence-electron chi connectivity index (χ1n) is 11.9. The number of nitrogens with one attached hydrogen (secondary N) is 2. The number of amides is 2. The molecule has 0 unspecified atom stereocenters. The molecule has 5 rings (SSSR count). The lowest BCUT2D eigenvalue weighted by molar-refractivity contribution is 0.118. The molecule has 35 heavy (non-hydrogen) atoms. The molecule has 11 heteroatoms. The number of anilines is 2. The van der Waals surface area contributed by atoms with Crippen LogP contribution in [0.3, 0.4) is 0 Å². The highest BCUT2D eigenvalue weighted by Gasteiger charge is 2.35. The van der Waals surface area contributed by atoms with Gasteiger partial charge in [0.1, 0.15) is 5.69 Å². The Morgan fingerprint density at radius 3 is 2.80 bits per heavy atom. The minimum atomic E-state index is -0.252. The van der Waals surface area contributed by atoms with E-state index in [1.807, 2.05) is 12.1 Å². The van der Waals surface area contributed by atoms with Crippen LogP contribution in [0, 0.1) is 0 Å². The summed E-state index contributed by atoms with van der Waals surface area (Å²) in [6.07, 6.45) is 5.16. The van der Waals surface area contributed by atoms with Crippen molar-refractivity contribution in [1.82, 2.24) is 20.3 Å². The Kier molecular flexibility index (Phi) is 6.61. The number of nitrogens with zero attached hydrogens (tertiary/aromatic N) is 4. The van der Waals surface area contributed by atoms with Crippen LogP contribution in [0.15, 0.2) is 28.8 Å². The molecule has 4 heterocycles. The maximum atomic E-state index is 12.5. The fourth-order valence-electron chi connectivity index (χ4n) is 4.84. The van der Waals surface area contributed by atoms with Crippen molar-refractivity contribution in [2.24, 2.45) is 0 Å². The predicted octanol–water partition coefficient (Wildman–Crippen LogP) is 4.14. The number of methoxy groups -OCH3 is 1. The monoisotopic (exact) mass is 498 g/mol. The van der Waals surface area contributed by atoms with E-state index in [0.717, 1.165) is 42.7 Å². The number of fused-ring (bicyclic) bond motifs is 1. The van der Waals surface area contributed by atoms with Crippen molar-refractivity contribution in [3.63, 3.8) is 0 Å². The number of aliphatic hydroxyl groups excluding tert-OH is 1. The molecular weight excluding hydrogens is 468 g/mol. The van der Waals surface area contributed by atoms with Gasteiger partial charge in [-0.15, -0.1) is 0 Å². The van der Waals surface area contributed by atoms with E-state index in [1.165, 1.54) is 11.3 Å². The Morgan fingerprint density at radius 1 is 1.23 bits per heavy atom. The number of carbonyl (C=O) groups excluding carboxylic acids is 1. The molecule has 1 aliphatic heterocycles. The predicted molar refractivity (Wildman–Crippen MR) is 133 cm³/mol. The third-order valence-corrected chi connectivity index (χ3v) is 7.82. The van der Waals surface area contributed by atoms with Crippen molar-refractivity contribution in [1.29, 1.82) is 0 Å². The van der Waals surface area contributed by atoms with E-state index in [1.54, 1.807) is 19.4 Å². The first-order valence-corrected chi connectivity index (χ1v) is 12.7. The summed E-state index contributed by atoms with van der Waals surface area (Å²) in [5.41, 5.74) is 1.65. The van der Waals surface area contributed by atoms with E-state index in [4.69, 9.17) is 14.1 Å². The average molecular weight is 499 g/mol. The smallest absolute Gasteiger partial charge is 0.321 e. The third-order valence-electron chi connectivity index (χ3n) is 6.64. The zero-order valence-corrected chi connectivity index (χ0v) is 20.8. The largest absolute Gasteiger partial charge is 0.481 e. The first kappa shape index (κ1) is 23.6. The highest BCUT2D eigenvalue weighted by atomic mass is 32.1. The standard InChI is InChI=1S/C24H30N6O4S/c1-13-11-18-21(35-23(28-18)29-22(32)26-15-7-9-16(31)10-8-15)14(2)30(13)24-25-12-19(34-24)17-5-4-6-20(27-17)33-3/h4-6,12-16,31H,7-11H2,1-3H3,(H2,26,28,29,32)/t13-,14+,15-,16+/m1/s1. The number of oxazole rings is 1. The van der Waals surface area contributed by atoms with Crippen LogP contribution in [-0.2, 0) is 6.42 Å². The average Bonchev–Trinajstić information content (AvgIpc) is 3.48. The molecule has 2 amide bonds. The van der Waals surface area contributed by atoms with Gasteiger partial charge in [-0.05, 0) is 45.6 Å². The lowest BCUT2D eigenvalue weighted by Crippen LogP contribution is -2.41. The number of hydrogen-bond acceptors (Lipinski definition) is 9. The first-order chi connectivity index (χ1) is 16.9. The second kappa shape index (κ2) is 9.82. The van der Waals surface area contributed by atoms with Crippen LogP contribution in [0.25, 0.3) is 11.5 Å². The Labute approximate surface area is 207 Å². The SMILES string of the molecule is COc1cccc(-c2cnc(N3[C@H](C)Cc4nc(NC(=O)N[C@H]5CC[C@@H](O)CC5)sc4[C@@H]3C)o2)n1. The van der Waals surface area contributed by atoms with Crippen molar-refractivity contribution in [2.75, 3.05) is 17.3 Å². The molecule has 3 aromatic heterocycles. The number of aromatic nitrogens is 3. The normalized spacial score (nSPS) is 24.1. The van der Waals surface area contributed by atoms with Crippen LogP contribution in [0.2, 0.25) is 0 Å². The van der Waals surface area contributed by atoms with Crippen molar-refractivity contribution in [3.05, 3.63) is 35.0 Å². The second-order valence-electron chi connectivity index (χ2n) is 9.14. The Bertz CT molecular complexity index is 1190. The molecule has 186 valence electrons. The lowest BCUT2D eigenvalue weighted by Gasteiger charge is -2.36. The van der Waals surface area contributed by atoms with Crippen LogP contribution < -0.4 is 20.3 Å². The quantitative estimate of drug-likeness (QED) is 0.479. The van der Waals surface area contributed by atoms with Crippen molar-refractivity contribution >= 4 is 28.5 Å². The summed E-state index contributed by atoms with van der Waals surface area (Å²) >= 11 is 1.48. The summed E-state index contributed by atoms with van der Waals surface area (Å²) in [7, 11) is 1.58. The van der Waals surface area contributed by atoms with Gasteiger partial charge in [0.05, 0.1) is 36.0 Å². The van der Waals surface area contributed by atoms with Crippen molar-refractivity contribution in [3.8, 4) is 17.3 Å². The van der Waals surface area contributed by atoms with E-state index >= 15 is 0 Å². The summed E-state index contributed by atoms with van der Waals surface area (Å²) in [6.45, 7) is 4.21. The molecule has 0 bridgehead atoms. The molecule has 0 radical (unpaired) electrons. The molecule has 3 N–H and O–H groups in total. The van der Waals surface area contributed by atoms with E-state index in [0.29, 0.717) is 28.5 Å². The maximum Gasteiger partial charge on any atom is 0.321 e. The number of aliphatic hydroxyl groups is 1. The van der Waals surface area contributed by atoms with Crippen LogP contribution in [0.4, 0.5) is 15.9 Å². The topological polar surface area (TPSA) is 126 Å². The second-order valence-corrected chi connectivity index (χ2v) is 10.2. The van der Waals surface area contributed by atoms with Crippen LogP contribution in [-0.4, -0.2) is 51.4 Å². The van der Waals surface area contributed by atoms with Gasteiger partial charge in [-0.3, -0.25) is 5.32 Å². The van der Waals surface area contributed by atoms with Gasteiger partial charge in [0.15, 0.2) is 10.9 Å². The summed E-state index contributed by atoms with van der Waals surface area (Å²) < 4.78 is 11.3. The molecule has 1 fully saturated rings. The highest BCUT2D eigenvalue weighted by molar-refractivity contribution is 7.16. The van der Waals surface area contributed by atoms with E-state index in [2.05, 4.69) is 39.3 Å². The summed E-state index contributed by atoms with van der Waals surface area (Å²) in [5, 5.41) is 16.1. The summed E-state index contributed by atoms with van der Waals surface area (Å²) in [5.74, 6) is 1.09. The number of thiazole rings is 1. The van der Waals surface area contributed by atoms with Crippen molar-refractivity contribution in [2.45, 2.75) is 70.2 Å². The minimum Gasteiger partial charge on any atom is -0.481 e. The molecule has 0 spiro atoms. The molecule has 2 aliphatic rings. The van der Waals surface area contributed by atoms with Gasteiger partial charge in [-0.25, -0.2) is 19.7 Å². The van der Waals surface area contributed by atoms with Crippen LogP contribution >= 0.6 is 11.3 Å². The van der Waals surface area contributed by atoms with Crippen LogP contribution in [0.1, 0.15) is 56.1 Å². The van der Waals surface area contributed by atoms with Crippen molar-refractivity contribution < 1.29 is 19.1 Å². The molecular formula is C24H30N6O4S. The molecule has 2 atom stereocenters. The van der Waals surface area contributed by atoms with E-state index < -0.39 is 0 Å². The number of carbonyl (C=O) groups is 1. The Hall–Kier alpha value is -3.18. The van der Waals surface area contributed by atoms with Crippen LogP contribution in [0.5, 0.6) is 5.88 Å². The molecule has 1 aliphatic carbocycles. The zero-order valence-electron chi connectivity index (χ0n) is 20.0. The molecule has 3 aromatic rings. The number of pyridine rings is 1.